The molecule has 0 aliphatic carbocycles. The molecule has 4 aromatic heterocycles. The Kier molecular flexibility index (Phi) is 7.59. The number of benzene rings is 5. The van der Waals surface area contributed by atoms with Gasteiger partial charge in [0.1, 0.15) is 11.2 Å². The summed E-state index contributed by atoms with van der Waals surface area (Å²) < 4.78 is 25.4. The van der Waals surface area contributed by atoms with Gasteiger partial charge < -0.3 is 23.2 Å². The molecule has 0 fully saturated rings. The Hall–Kier alpha value is -5.91. The predicted octanol–water partition coefficient (Wildman–Crippen LogP) is 10.9. The number of fused-ring (bicyclic) bond motifs is 6. The molecule has 0 spiro atoms. The van der Waals surface area contributed by atoms with Gasteiger partial charge in [-0.05, 0) is 36.4 Å². The van der Waals surface area contributed by atoms with Crippen LogP contribution in [0.5, 0.6) is 23.3 Å². The van der Waals surface area contributed by atoms with Gasteiger partial charge in [-0.1, -0.05) is 88.9 Å². The number of rotatable bonds is 7. The summed E-state index contributed by atoms with van der Waals surface area (Å²) in [5.74, 6) is 1.68. The topological polar surface area (TPSA) is 73.8 Å². The van der Waals surface area contributed by atoms with E-state index in [4.69, 9.17) is 18.3 Å². The summed E-state index contributed by atoms with van der Waals surface area (Å²) >= 11 is 0. The third-order valence-corrected chi connectivity index (χ3v) is 7.91. The Labute approximate surface area is 289 Å². The molecule has 9 rings (SSSR count). The van der Waals surface area contributed by atoms with E-state index in [1.54, 1.807) is 24.5 Å². The normalized spacial score (nSPS) is 11.2. The summed E-state index contributed by atoms with van der Waals surface area (Å²) in [4.78, 5) is 10.9. The van der Waals surface area contributed by atoms with Crippen LogP contribution in [0.4, 0.5) is 17.1 Å². The maximum absolute atomic E-state index is 6.36. The molecule has 0 radical (unpaired) electrons. The second kappa shape index (κ2) is 12.4. The second-order valence-corrected chi connectivity index (χ2v) is 10.9. The maximum Gasteiger partial charge on any atom is 2.00 e. The van der Waals surface area contributed by atoms with Crippen molar-refractivity contribution in [2.45, 2.75) is 0 Å². The maximum atomic E-state index is 6.36. The monoisotopic (exact) mass is 804 g/mol. The number of hydrogen-bond acceptors (Lipinski definition) is 7. The molecule has 5 aromatic carbocycles. The number of hydrogen-bond donors (Lipinski definition) is 0. The Morgan fingerprint density at radius 1 is 0.500 bits per heavy atom. The number of nitrogens with zero attached hydrogens (tertiary/aromatic N) is 3. The molecule has 0 unspecified atom stereocenters. The molecule has 0 aliphatic rings. The average molecular weight is 805 g/mol. The van der Waals surface area contributed by atoms with Crippen LogP contribution in [-0.2, 0) is 21.1 Å². The fourth-order valence-corrected chi connectivity index (χ4v) is 5.84. The molecule has 232 valence electrons. The van der Waals surface area contributed by atoms with E-state index in [0.29, 0.717) is 45.8 Å². The molecule has 0 amide bonds. The molecule has 4 heterocycles. The van der Waals surface area contributed by atoms with Crippen molar-refractivity contribution in [3.63, 3.8) is 0 Å². The van der Waals surface area contributed by atoms with Gasteiger partial charge in [0, 0.05) is 41.0 Å². The molecular formula is C40H23N3O4Pt. The standard InChI is InChI=1S/C40H23N3O4.Pt/c1-2-12-26(13-3-1)43(27-22-31-29-14-4-6-16-33(29)46-39(31)35(24-27)44-37-18-8-10-20-41-37)28-23-32-30-15-5-7-17-34(30)47-40(32)36(25-28)45-38-19-9-11-21-42-38;/h1-23H;/q-2;+2. The van der Waals surface area contributed by atoms with Crippen molar-refractivity contribution in [3.8, 4) is 23.3 Å². The summed E-state index contributed by atoms with van der Waals surface area (Å²) in [6.07, 6.45) is 3.38. The molecular weight excluding hydrogens is 782 g/mol. The fraction of sp³-hybridized carbons (Fsp3) is 0. The van der Waals surface area contributed by atoms with Crippen molar-refractivity contribution < 1.29 is 39.4 Å². The van der Waals surface area contributed by atoms with Gasteiger partial charge in [-0.3, -0.25) is 0 Å². The summed E-state index contributed by atoms with van der Waals surface area (Å²) in [5, 5.41) is 3.66. The molecule has 48 heavy (non-hydrogen) atoms. The molecule has 9 aromatic rings. The van der Waals surface area contributed by atoms with Crippen molar-refractivity contribution in [2.75, 3.05) is 4.90 Å². The van der Waals surface area contributed by atoms with E-state index in [2.05, 4.69) is 39.1 Å². The van der Waals surface area contributed by atoms with Gasteiger partial charge in [0.2, 0.25) is 11.8 Å². The number of pyridine rings is 2. The quantitative estimate of drug-likeness (QED) is 0.149. The number of ether oxygens (including phenoxy) is 2. The number of para-hydroxylation sites is 3. The van der Waals surface area contributed by atoms with E-state index < -0.39 is 0 Å². The Balaban J connectivity index is 0.00000336. The number of anilines is 3. The van der Waals surface area contributed by atoms with Gasteiger partial charge in [0.05, 0.1) is 22.7 Å². The molecule has 7 nitrogen and oxygen atoms in total. The van der Waals surface area contributed by atoms with Gasteiger partial charge in [0.25, 0.3) is 0 Å². The minimum Gasteiger partial charge on any atom is -0.512 e. The van der Waals surface area contributed by atoms with E-state index in [1.165, 1.54) is 0 Å². The molecule has 0 saturated carbocycles. The molecule has 0 aliphatic heterocycles. The minimum atomic E-state index is 0. The van der Waals surface area contributed by atoms with Crippen LogP contribution in [-0.4, -0.2) is 9.97 Å². The summed E-state index contributed by atoms with van der Waals surface area (Å²) in [6.45, 7) is 0. The third-order valence-electron chi connectivity index (χ3n) is 7.91. The second-order valence-electron chi connectivity index (χ2n) is 10.9. The van der Waals surface area contributed by atoms with Crippen LogP contribution in [0, 0.1) is 12.1 Å². The zero-order valence-corrected chi connectivity index (χ0v) is 27.3. The average Bonchev–Trinajstić information content (AvgIpc) is 3.69. The summed E-state index contributed by atoms with van der Waals surface area (Å²) in [5.41, 5.74) is 4.93. The Morgan fingerprint density at radius 2 is 0.958 bits per heavy atom. The minimum absolute atomic E-state index is 0. The van der Waals surface area contributed by atoms with Gasteiger partial charge in [-0.2, -0.15) is 0 Å². The number of furan rings is 2. The first-order chi connectivity index (χ1) is 23.3. The van der Waals surface area contributed by atoms with E-state index in [1.807, 2.05) is 103 Å². The van der Waals surface area contributed by atoms with E-state index >= 15 is 0 Å². The van der Waals surface area contributed by atoms with Crippen molar-refractivity contribution in [3.05, 3.63) is 152 Å². The van der Waals surface area contributed by atoms with Gasteiger partial charge in [0.15, 0.2) is 0 Å². The molecule has 0 atom stereocenters. The zero-order valence-electron chi connectivity index (χ0n) is 25.1. The summed E-state index contributed by atoms with van der Waals surface area (Å²) in [6, 6.07) is 48.1. The first kappa shape index (κ1) is 29.5. The van der Waals surface area contributed by atoms with Crippen molar-refractivity contribution in [2.24, 2.45) is 0 Å². The molecule has 0 N–H and O–H groups in total. The van der Waals surface area contributed by atoms with Crippen LogP contribution in [0.15, 0.2) is 149 Å². The third kappa shape index (κ3) is 5.24. The fourth-order valence-electron chi connectivity index (χ4n) is 5.84. The van der Waals surface area contributed by atoms with Gasteiger partial charge in [-0.25, -0.2) is 9.97 Å². The molecule has 8 heteroatoms. The smallest absolute Gasteiger partial charge is 0.512 e. The van der Waals surface area contributed by atoms with Crippen molar-refractivity contribution in [1.82, 2.24) is 9.97 Å². The first-order valence-corrected chi connectivity index (χ1v) is 15.1. The SMILES string of the molecule is [Pt+2].[c-]1c(N(c2[c-]c(Oc3ccccn3)c3oc4ccccc4c3c2)c2ccccc2)cc2c(oc3ccccc32)c1Oc1ccccn1. The zero-order chi connectivity index (χ0) is 31.2. The van der Waals surface area contributed by atoms with E-state index in [-0.39, 0.29) is 21.1 Å². The number of aromatic nitrogens is 2. The predicted molar refractivity (Wildman–Crippen MR) is 182 cm³/mol. The van der Waals surface area contributed by atoms with Crippen LogP contribution >= 0.6 is 0 Å². The first-order valence-electron chi connectivity index (χ1n) is 15.1. The van der Waals surface area contributed by atoms with Crippen LogP contribution in [0.1, 0.15) is 0 Å². The van der Waals surface area contributed by atoms with E-state index in [9.17, 15) is 0 Å². The van der Waals surface area contributed by atoms with Crippen LogP contribution < -0.4 is 14.4 Å². The van der Waals surface area contributed by atoms with Crippen molar-refractivity contribution >= 4 is 60.9 Å². The summed E-state index contributed by atoms with van der Waals surface area (Å²) in [7, 11) is 0. The largest absolute Gasteiger partial charge is 2.00 e. The van der Waals surface area contributed by atoms with Gasteiger partial charge in [-0.15, -0.1) is 24.3 Å². The van der Waals surface area contributed by atoms with Crippen LogP contribution in [0.3, 0.4) is 0 Å². The molecule has 0 saturated heterocycles. The van der Waals surface area contributed by atoms with Crippen LogP contribution in [0.2, 0.25) is 0 Å². The Bertz CT molecular complexity index is 2370. The van der Waals surface area contributed by atoms with Gasteiger partial charge >= 0.3 is 21.1 Å². The molecule has 0 bridgehead atoms. The van der Waals surface area contributed by atoms with Crippen LogP contribution in [0.25, 0.3) is 43.9 Å². The van der Waals surface area contributed by atoms with Crippen molar-refractivity contribution in [1.29, 1.82) is 0 Å². The van der Waals surface area contributed by atoms with E-state index in [0.717, 1.165) is 38.4 Å². The Morgan fingerprint density at radius 3 is 1.44 bits per heavy atom.